The Morgan fingerprint density at radius 2 is 1.68 bits per heavy atom. The van der Waals surface area contributed by atoms with E-state index in [1.54, 1.807) is 6.92 Å². The molecule has 0 amide bonds. The molecule has 0 N–H and O–H groups in total. The first-order valence-electron chi connectivity index (χ1n) is 7.27. The third-order valence-electron chi connectivity index (χ3n) is 3.66. The summed E-state index contributed by atoms with van der Waals surface area (Å²) in [5.74, 6) is 1.13. The SMILES string of the molecule is C=C(C)c1cccc(C(C)=O)c1.CC1CCCCC1. The van der Waals surface area contributed by atoms with E-state index in [2.05, 4.69) is 13.5 Å². The van der Waals surface area contributed by atoms with Crippen LogP contribution in [0.15, 0.2) is 30.8 Å². The number of allylic oxidation sites excluding steroid dienone is 1. The smallest absolute Gasteiger partial charge is 0.159 e. The molecule has 0 saturated heterocycles. The summed E-state index contributed by atoms with van der Waals surface area (Å²) in [6.07, 6.45) is 7.44. The molecule has 0 atom stereocenters. The normalized spacial score (nSPS) is 15.3. The maximum Gasteiger partial charge on any atom is 0.159 e. The Balaban J connectivity index is 0.000000218. The Hall–Kier alpha value is -1.37. The lowest BCUT2D eigenvalue weighted by atomic mass is 9.91. The Kier molecular flexibility index (Phi) is 6.55. The van der Waals surface area contributed by atoms with Crippen molar-refractivity contribution in [2.45, 2.75) is 52.9 Å². The highest BCUT2D eigenvalue weighted by atomic mass is 16.1. The first-order chi connectivity index (χ1) is 9.00. The number of Topliss-reactive ketones (excluding diaryl/α,β-unsaturated/α-hetero) is 1. The van der Waals surface area contributed by atoms with Crippen molar-refractivity contribution >= 4 is 11.4 Å². The largest absolute Gasteiger partial charge is 0.295 e. The summed E-state index contributed by atoms with van der Waals surface area (Å²) in [6, 6.07) is 7.51. The standard InChI is InChI=1S/C11H12O.C7H14/c1-8(2)10-5-4-6-11(7-10)9(3)12;1-7-5-3-2-4-6-7/h4-7H,1H2,2-3H3;7H,2-6H2,1H3. The van der Waals surface area contributed by atoms with Crippen LogP contribution in [0, 0.1) is 5.92 Å². The molecule has 1 saturated carbocycles. The summed E-state index contributed by atoms with van der Waals surface area (Å²) in [5, 5.41) is 0. The number of ketones is 1. The zero-order chi connectivity index (χ0) is 14.3. The van der Waals surface area contributed by atoms with Gasteiger partial charge in [0.05, 0.1) is 0 Å². The number of hydrogen-bond donors (Lipinski definition) is 0. The van der Waals surface area contributed by atoms with E-state index in [0.717, 1.165) is 22.6 Å². The van der Waals surface area contributed by atoms with E-state index in [1.165, 1.54) is 32.1 Å². The van der Waals surface area contributed by atoms with Crippen LogP contribution in [0.25, 0.3) is 5.57 Å². The first-order valence-corrected chi connectivity index (χ1v) is 7.27. The van der Waals surface area contributed by atoms with Gasteiger partial charge in [-0.25, -0.2) is 0 Å². The highest BCUT2D eigenvalue weighted by Gasteiger charge is 2.06. The van der Waals surface area contributed by atoms with Crippen LogP contribution in [-0.4, -0.2) is 5.78 Å². The van der Waals surface area contributed by atoms with Crippen LogP contribution in [0.3, 0.4) is 0 Å². The van der Waals surface area contributed by atoms with Crippen molar-refractivity contribution in [1.29, 1.82) is 0 Å². The number of hydrogen-bond acceptors (Lipinski definition) is 1. The predicted octanol–water partition coefficient (Wildman–Crippen LogP) is 5.51. The summed E-state index contributed by atoms with van der Waals surface area (Å²) in [7, 11) is 0. The minimum atomic E-state index is 0.0955. The molecule has 1 aromatic carbocycles. The van der Waals surface area contributed by atoms with Gasteiger partial charge in [0.15, 0.2) is 5.78 Å². The van der Waals surface area contributed by atoms with E-state index in [-0.39, 0.29) is 5.78 Å². The summed E-state index contributed by atoms with van der Waals surface area (Å²) in [6.45, 7) is 9.67. The molecule has 1 aliphatic carbocycles. The van der Waals surface area contributed by atoms with Crippen LogP contribution in [0.4, 0.5) is 0 Å². The van der Waals surface area contributed by atoms with Crippen molar-refractivity contribution in [2.24, 2.45) is 5.92 Å². The third kappa shape index (κ3) is 5.87. The molecule has 104 valence electrons. The fourth-order valence-corrected chi connectivity index (χ4v) is 2.31. The van der Waals surface area contributed by atoms with Gasteiger partial charge in [-0.05, 0) is 31.4 Å². The molecule has 1 nitrogen and oxygen atoms in total. The van der Waals surface area contributed by atoms with Gasteiger partial charge in [0.2, 0.25) is 0 Å². The van der Waals surface area contributed by atoms with Crippen LogP contribution in [0.5, 0.6) is 0 Å². The number of carbonyl (C=O) groups is 1. The van der Waals surface area contributed by atoms with Gasteiger partial charge in [0.1, 0.15) is 0 Å². The maximum absolute atomic E-state index is 11.0. The lowest BCUT2D eigenvalue weighted by Gasteiger charge is -2.15. The van der Waals surface area contributed by atoms with Crippen LogP contribution in [0.1, 0.15) is 68.8 Å². The van der Waals surface area contributed by atoms with Gasteiger partial charge >= 0.3 is 0 Å². The van der Waals surface area contributed by atoms with Crippen LogP contribution in [0.2, 0.25) is 0 Å². The maximum atomic E-state index is 11.0. The van der Waals surface area contributed by atoms with Crippen molar-refractivity contribution in [3.63, 3.8) is 0 Å². The Labute approximate surface area is 117 Å². The lowest BCUT2D eigenvalue weighted by molar-refractivity contribution is 0.101. The molecule has 1 aromatic rings. The van der Waals surface area contributed by atoms with Crippen molar-refractivity contribution in [3.05, 3.63) is 42.0 Å². The number of carbonyl (C=O) groups excluding carboxylic acids is 1. The molecule has 0 aliphatic heterocycles. The van der Waals surface area contributed by atoms with Gasteiger partial charge in [-0.3, -0.25) is 4.79 Å². The molecule has 1 heteroatoms. The zero-order valence-corrected chi connectivity index (χ0v) is 12.5. The number of rotatable bonds is 2. The van der Waals surface area contributed by atoms with Crippen molar-refractivity contribution in [2.75, 3.05) is 0 Å². The van der Waals surface area contributed by atoms with Crippen molar-refractivity contribution in [1.82, 2.24) is 0 Å². The quantitative estimate of drug-likeness (QED) is 0.639. The van der Waals surface area contributed by atoms with E-state index >= 15 is 0 Å². The first kappa shape index (κ1) is 15.7. The Morgan fingerprint density at radius 3 is 2.11 bits per heavy atom. The molecular weight excluding hydrogens is 232 g/mol. The van der Waals surface area contributed by atoms with E-state index < -0.39 is 0 Å². The van der Waals surface area contributed by atoms with Crippen molar-refractivity contribution in [3.8, 4) is 0 Å². The Bertz CT molecular complexity index is 396. The molecule has 0 spiro atoms. The van der Waals surface area contributed by atoms with E-state index in [1.807, 2.05) is 31.2 Å². The fraction of sp³-hybridized carbons (Fsp3) is 0.500. The topological polar surface area (TPSA) is 17.1 Å². The van der Waals surface area contributed by atoms with E-state index in [4.69, 9.17) is 0 Å². The molecule has 0 bridgehead atoms. The van der Waals surface area contributed by atoms with Gasteiger partial charge in [-0.1, -0.05) is 69.4 Å². The second kappa shape index (κ2) is 7.93. The summed E-state index contributed by atoms with van der Waals surface area (Å²) < 4.78 is 0. The molecule has 2 rings (SSSR count). The highest BCUT2D eigenvalue weighted by Crippen LogP contribution is 2.22. The Morgan fingerprint density at radius 1 is 1.11 bits per heavy atom. The fourth-order valence-electron chi connectivity index (χ4n) is 2.31. The van der Waals surface area contributed by atoms with Gasteiger partial charge in [-0.15, -0.1) is 0 Å². The molecule has 1 fully saturated rings. The summed E-state index contributed by atoms with van der Waals surface area (Å²) in [4.78, 5) is 11.0. The minimum Gasteiger partial charge on any atom is -0.295 e. The summed E-state index contributed by atoms with van der Waals surface area (Å²) in [5.41, 5.74) is 2.76. The van der Waals surface area contributed by atoms with Crippen LogP contribution < -0.4 is 0 Å². The summed E-state index contributed by atoms with van der Waals surface area (Å²) >= 11 is 0. The second-order valence-corrected chi connectivity index (χ2v) is 5.66. The average Bonchev–Trinajstić information content (AvgIpc) is 2.40. The number of benzene rings is 1. The molecule has 19 heavy (non-hydrogen) atoms. The molecule has 1 aliphatic rings. The van der Waals surface area contributed by atoms with Crippen LogP contribution in [-0.2, 0) is 0 Å². The molecule has 0 radical (unpaired) electrons. The molecular formula is C18H26O. The van der Waals surface area contributed by atoms with Crippen LogP contribution >= 0.6 is 0 Å². The third-order valence-corrected chi connectivity index (χ3v) is 3.66. The monoisotopic (exact) mass is 258 g/mol. The zero-order valence-electron chi connectivity index (χ0n) is 12.5. The minimum absolute atomic E-state index is 0.0955. The average molecular weight is 258 g/mol. The molecule has 0 unspecified atom stereocenters. The predicted molar refractivity (Wildman–Crippen MR) is 83.4 cm³/mol. The second-order valence-electron chi connectivity index (χ2n) is 5.66. The highest BCUT2D eigenvalue weighted by molar-refractivity contribution is 5.94. The van der Waals surface area contributed by atoms with Crippen molar-refractivity contribution < 1.29 is 4.79 Å². The van der Waals surface area contributed by atoms with Gasteiger partial charge < -0.3 is 0 Å². The van der Waals surface area contributed by atoms with Gasteiger partial charge in [0.25, 0.3) is 0 Å². The van der Waals surface area contributed by atoms with Gasteiger partial charge in [-0.2, -0.15) is 0 Å². The van der Waals surface area contributed by atoms with E-state index in [9.17, 15) is 4.79 Å². The lowest BCUT2D eigenvalue weighted by Crippen LogP contribution is -1.99. The molecule has 0 heterocycles. The van der Waals surface area contributed by atoms with E-state index in [0.29, 0.717) is 0 Å². The molecule has 0 aromatic heterocycles. The van der Waals surface area contributed by atoms with Gasteiger partial charge in [0, 0.05) is 5.56 Å².